The van der Waals surface area contributed by atoms with Crippen LogP contribution in [0.25, 0.3) is 17.1 Å². The molecule has 28 heavy (non-hydrogen) atoms. The monoisotopic (exact) mass is 374 g/mol. The van der Waals surface area contributed by atoms with Crippen LogP contribution in [0, 0.1) is 0 Å². The lowest BCUT2D eigenvalue weighted by Gasteiger charge is -2.08. The van der Waals surface area contributed by atoms with E-state index in [1.165, 1.54) is 0 Å². The Morgan fingerprint density at radius 1 is 1.21 bits per heavy atom. The molecule has 3 heterocycles. The van der Waals surface area contributed by atoms with Crippen molar-refractivity contribution < 1.29 is 14.3 Å². The van der Waals surface area contributed by atoms with Gasteiger partial charge in [0.1, 0.15) is 5.65 Å². The standard InChI is InChI=1S/C21H18N4O3/c1-2-22-20(27)17-18(26)16(28-21(17)25-14-7-4-3-5-8-14)11-13-12-24-19-15(13)9-6-10-23-19/h3-12,25H,2H2,1H3,(H,22,27)(H,23,24). The predicted molar refractivity (Wildman–Crippen MR) is 106 cm³/mol. The second-order valence-electron chi connectivity index (χ2n) is 6.14. The summed E-state index contributed by atoms with van der Waals surface area (Å²) in [6.45, 7) is 2.19. The van der Waals surface area contributed by atoms with Crippen LogP contribution in [0.4, 0.5) is 5.69 Å². The lowest BCUT2D eigenvalue weighted by molar-refractivity contribution is -0.121. The number of H-pyrrole nitrogens is 1. The highest BCUT2D eigenvalue weighted by Crippen LogP contribution is 2.29. The van der Waals surface area contributed by atoms with Crippen LogP contribution in [0.5, 0.6) is 0 Å². The van der Waals surface area contributed by atoms with Gasteiger partial charge in [-0.15, -0.1) is 0 Å². The highest BCUT2D eigenvalue weighted by Gasteiger charge is 2.35. The first-order chi connectivity index (χ1) is 13.7. The van der Waals surface area contributed by atoms with Gasteiger partial charge in [-0.3, -0.25) is 9.59 Å². The van der Waals surface area contributed by atoms with Gasteiger partial charge in [-0.2, -0.15) is 0 Å². The molecule has 140 valence electrons. The maximum atomic E-state index is 12.9. The van der Waals surface area contributed by atoms with Crippen molar-refractivity contribution in [3.63, 3.8) is 0 Å². The number of hydrogen-bond acceptors (Lipinski definition) is 5. The van der Waals surface area contributed by atoms with Gasteiger partial charge in [0, 0.05) is 35.6 Å². The molecule has 0 saturated heterocycles. The zero-order chi connectivity index (χ0) is 19.5. The Bertz CT molecular complexity index is 1110. The van der Waals surface area contributed by atoms with Crippen LogP contribution < -0.4 is 10.6 Å². The number of anilines is 1. The van der Waals surface area contributed by atoms with Gasteiger partial charge in [-0.05, 0) is 37.3 Å². The summed E-state index contributed by atoms with van der Waals surface area (Å²) in [5.41, 5.74) is 2.13. The zero-order valence-corrected chi connectivity index (χ0v) is 15.2. The van der Waals surface area contributed by atoms with Gasteiger partial charge in [0.25, 0.3) is 5.91 Å². The van der Waals surface area contributed by atoms with Crippen LogP contribution in [-0.4, -0.2) is 28.2 Å². The van der Waals surface area contributed by atoms with E-state index in [2.05, 4.69) is 20.6 Å². The van der Waals surface area contributed by atoms with Crippen LogP contribution in [0.3, 0.4) is 0 Å². The summed E-state index contributed by atoms with van der Waals surface area (Å²) in [4.78, 5) is 32.7. The number of carbonyl (C=O) groups excluding carboxylic acids is 2. The Kier molecular flexibility index (Phi) is 4.63. The molecule has 2 aromatic heterocycles. The molecule has 0 fully saturated rings. The minimum absolute atomic E-state index is 0.0464. The van der Waals surface area contributed by atoms with Crippen molar-refractivity contribution >= 4 is 34.5 Å². The molecular weight excluding hydrogens is 356 g/mol. The fourth-order valence-electron chi connectivity index (χ4n) is 2.96. The van der Waals surface area contributed by atoms with E-state index in [-0.39, 0.29) is 17.2 Å². The summed E-state index contributed by atoms with van der Waals surface area (Å²) in [5, 5.41) is 6.54. The molecule has 7 heteroatoms. The SMILES string of the molecule is CCNC(=O)C1=C(Nc2ccccc2)OC(=Cc2c[nH]c3ncccc23)C1=O. The minimum atomic E-state index is -0.477. The number of ketones is 1. The molecule has 7 nitrogen and oxygen atoms in total. The fourth-order valence-corrected chi connectivity index (χ4v) is 2.96. The lowest BCUT2D eigenvalue weighted by Crippen LogP contribution is -2.28. The molecule has 0 bridgehead atoms. The minimum Gasteiger partial charge on any atom is -0.436 e. The van der Waals surface area contributed by atoms with E-state index >= 15 is 0 Å². The Morgan fingerprint density at radius 2 is 2.04 bits per heavy atom. The topological polar surface area (TPSA) is 96.1 Å². The van der Waals surface area contributed by atoms with Crippen molar-refractivity contribution in [1.29, 1.82) is 0 Å². The number of benzene rings is 1. The third-order valence-electron chi connectivity index (χ3n) is 4.26. The van der Waals surface area contributed by atoms with Crippen molar-refractivity contribution in [3.8, 4) is 0 Å². The number of Topliss-reactive ketones (excluding diaryl/α,β-unsaturated/α-hetero) is 1. The molecule has 3 N–H and O–H groups in total. The van der Waals surface area contributed by atoms with Crippen LogP contribution in [-0.2, 0) is 14.3 Å². The highest BCUT2D eigenvalue weighted by atomic mass is 16.5. The number of pyridine rings is 1. The van der Waals surface area contributed by atoms with E-state index in [0.29, 0.717) is 17.9 Å². The fraction of sp³-hybridized carbons (Fsp3) is 0.0952. The van der Waals surface area contributed by atoms with E-state index in [9.17, 15) is 9.59 Å². The molecule has 1 aliphatic rings. The number of carbonyl (C=O) groups is 2. The Hall–Kier alpha value is -3.87. The summed E-state index contributed by atoms with van der Waals surface area (Å²) in [7, 11) is 0. The molecule has 0 atom stereocenters. The van der Waals surface area contributed by atoms with Crippen LogP contribution in [0.15, 0.2) is 72.1 Å². The van der Waals surface area contributed by atoms with Gasteiger partial charge >= 0.3 is 0 Å². The average Bonchev–Trinajstić information content (AvgIpc) is 3.24. The number of rotatable bonds is 5. The number of amides is 1. The van der Waals surface area contributed by atoms with E-state index in [0.717, 1.165) is 10.9 Å². The molecule has 3 aromatic rings. The number of ether oxygens (including phenoxy) is 1. The van der Waals surface area contributed by atoms with Crippen molar-refractivity contribution in [3.05, 3.63) is 77.6 Å². The number of likely N-dealkylation sites (N-methyl/N-ethyl adjacent to an activating group) is 1. The third-order valence-corrected chi connectivity index (χ3v) is 4.26. The maximum absolute atomic E-state index is 12.9. The third kappa shape index (κ3) is 3.25. The molecule has 1 aliphatic heterocycles. The zero-order valence-electron chi connectivity index (χ0n) is 15.2. The summed E-state index contributed by atoms with van der Waals surface area (Å²) in [6.07, 6.45) is 5.04. The number of nitrogens with one attached hydrogen (secondary N) is 3. The number of para-hydroxylation sites is 1. The van der Waals surface area contributed by atoms with E-state index in [1.807, 2.05) is 42.5 Å². The quantitative estimate of drug-likeness (QED) is 0.471. The largest absolute Gasteiger partial charge is 0.436 e. The van der Waals surface area contributed by atoms with Crippen molar-refractivity contribution in [2.24, 2.45) is 0 Å². The smallest absolute Gasteiger partial charge is 0.260 e. The van der Waals surface area contributed by atoms with E-state index in [1.54, 1.807) is 25.4 Å². The number of allylic oxidation sites excluding steroid dienone is 1. The number of nitrogens with zero attached hydrogens (tertiary/aromatic N) is 1. The summed E-state index contributed by atoms with van der Waals surface area (Å²) in [6, 6.07) is 12.9. The molecule has 1 amide bonds. The lowest BCUT2D eigenvalue weighted by atomic mass is 10.1. The number of aromatic amines is 1. The van der Waals surface area contributed by atoms with E-state index < -0.39 is 11.7 Å². The molecule has 0 spiro atoms. The first-order valence-electron chi connectivity index (χ1n) is 8.88. The average molecular weight is 374 g/mol. The Balaban J connectivity index is 1.70. The highest BCUT2D eigenvalue weighted by molar-refractivity contribution is 6.28. The Morgan fingerprint density at radius 3 is 2.82 bits per heavy atom. The van der Waals surface area contributed by atoms with Gasteiger partial charge in [-0.1, -0.05) is 18.2 Å². The molecule has 0 aliphatic carbocycles. The molecule has 0 unspecified atom stereocenters. The van der Waals surface area contributed by atoms with E-state index in [4.69, 9.17) is 4.74 Å². The van der Waals surface area contributed by atoms with Crippen molar-refractivity contribution in [2.45, 2.75) is 6.92 Å². The number of fused-ring (bicyclic) bond motifs is 1. The Labute approximate surface area is 161 Å². The van der Waals surface area contributed by atoms with Crippen LogP contribution in [0.2, 0.25) is 0 Å². The van der Waals surface area contributed by atoms with Gasteiger partial charge in [-0.25, -0.2) is 4.98 Å². The van der Waals surface area contributed by atoms with Crippen molar-refractivity contribution in [1.82, 2.24) is 15.3 Å². The normalized spacial score (nSPS) is 15.2. The summed E-state index contributed by atoms with van der Waals surface area (Å²) < 4.78 is 5.76. The van der Waals surface area contributed by atoms with Gasteiger partial charge in [0.2, 0.25) is 11.7 Å². The van der Waals surface area contributed by atoms with Gasteiger partial charge < -0.3 is 20.4 Å². The maximum Gasteiger partial charge on any atom is 0.260 e. The number of aromatic nitrogens is 2. The van der Waals surface area contributed by atoms with Crippen molar-refractivity contribution in [2.75, 3.05) is 11.9 Å². The number of hydrogen-bond donors (Lipinski definition) is 3. The second kappa shape index (κ2) is 7.40. The molecule has 0 radical (unpaired) electrons. The summed E-state index contributed by atoms with van der Waals surface area (Å²) in [5.74, 6) is -0.756. The summed E-state index contributed by atoms with van der Waals surface area (Å²) >= 11 is 0. The van der Waals surface area contributed by atoms with Crippen LogP contribution >= 0.6 is 0 Å². The molecule has 0 saturated carbocycles. The van der Waals surface area contributed by atoms with Gasteiger partial charge in [0.15, 0.2) is 11.3 Å². The molecular formula is C21H18N4O3. The first kappa shape index (κ1) is 17.5. The van der Waals surface area contributed by atoms with Gasteiger partial charge in [0.05, 0.1) is 0 Å². The molecule has 1 aromatic carbocycles. The first-order valence-corrected chi connectivity index (χ1v) is 8.88. The second-order valence-corrected chi connectivity index (χ2v) is 6.14. The van der Waals surface area contributed by atoms with Crippen LogP contribution in [0.1, 0.15) is 12.5 Å². The molecule has 4 rings (SSSR count). The predicted octanol–water partition coefficient (Wildman–Crippen LogP) is 2.96.